The van der Waals surface area contributed by atoms with E-state index in [1.54, 1.807) is 10.7 Å². The van der Waals surface area contributed by atoms with Crippen molar-refractivity contribution in [3.63, 3.8) is 0 Å². The zero-order valence-electron chi connectivity index (χ0n) is 14.5. The summed E-state index contributed by atoms with van der Waals surface area (Å²) in [7, 11) is 0. The van der Waals surface area contributed by atoms with E-state index < -0.39 is 17.4 Å². The number of carbonyl (C=O) groups excluding carboxylic acids is 1. The molecule has 27 heavy (non-hydrogen) atoms. The van der Waals surface area contributed by atoms with Crippen LogP contribution in [0.5, 0.6) is 0 Å². The van der Waals surface area contributed by atoms with E-state index in [9.17, 15) is 14.7 Å². The number of carboxylic acid groups (broad SMARTS) is 1. The lowest BCUT2D eigenvalue weighted by Crippen LogP contribution is -2.50. The second-order valence-electron chi connectivity index (χ2n) is 7.04. The summed E-state index contributed by atoms with van der Waals surface area (Å²) in [6.45, 7) is 0.564. The van der Waals surface area contributed by atoms with Gasteiger partial charge in [-0.15, -0.1) is 5.10 Å². The Balaban J connectivity index is 1.64. The van der Waals surface area contributed by atoms with Crippen molar-refractivity contribution in [2.75, 3.05) is 13.2 Å². The molecule has 8 nitrogen and oxygen atoms in total. The Morgan fingerprint density at radius 3 is 2.78 bits per heavy atom. The van der Waals surface area contributed by atoms with Gasteiger partial charge < -0.3 is 15.2 Å². The van der Waals surface area contributed by atoms with Gasteiger partial charge in [0.05, 0.1) is 29.3 Å². The van der Waals surface area contributed by atoms with E-state index in [2.05, 4.69) is 15.4 Å². The quantitative estimate of drug-likeness (QED) is 0.782. The summed E-state index contributed by atoms with van der Waals surface area (Å²) in [6.07, 6.45) is 2.20. The van der Waals surface area contributed by atoms with Crippen LogP contribution in [0, 0.1) is 0 Å². The Morgan fingerprint density at radius 2 is 2.15 bits per heavy atom. The van der Waals surface area contributed by atoms with Gasteiger partial charge in [0.2, 0.25) is 5.82 Å². The molecule has 1 aromatic carbocycles. The molecule has 0 spiro atoms. The van der Waals surface area contributed by atoms with Crippen LogP contribution in [0.25, 0.3) is 5.69 Å². The Labute approximate surface area is 160 Å². The Hall–Kier alpha value is -2.45. The number of para-hydroxylation sites is 1. The van der Waals surface area contributed by atoms with Gasteiger partial charge >= 0.3 is 5.97 Å². The zero-order chi connectivity index (χ0) is 19.0. The predicted octanol–water partition coefficient (Wildman–Crippen LogP) is 2.16. The van der Waals surface area contributed by atoms with Crippen LogP contribution in [-0.4, -0.2) is 50.5 Å². The molecule has 1 aliphatic heterocycles. The lowest BCUT2D eigenvalue weighted by molar-refractivity contribution is -0.138. The van der Waals surface area contributed by atoms with Crippen molar-refractivity contribution in [1.29, 1.82) is 0 Å². The minimum absolute atomic E-state index is 0.00786. The zero-order valence-corrected chi connectivity index (χ0v) is 15.3. The highest BCUT2D eigenvalue weighted by atomic mass is 35.5. The van der Waals surface area contributed by atoms with Crippen molar-refractivity contribution >= 4 is 23.5 Å². The average molecular weight is 391 g/mol. The number of benzene rings is 1. The molecule has 142 valence electrons. The number of ether oxygens (including phenoxy) is 1. The number of carbonyl (C=O) groups is 2. The van der Waals surface area contributed by atoms with E-state index in [4.69, 9.17) is 16.3 Å². The van der Waals surface area contributed by atoms with E-state index in [0.29, 0.717) is 29.6 Å². The van der Waals surface area contributed by atoms with Crippen LogP contribution in [0.1, 0.15) is 48.0 Å². The van der Waals surface area contributed by atoms with E-state index >= 15 is 0 Å². The molecule has 1 saturated carbocycles. The van der Waals surface area contributed by atoms with Crippen LogP contribution < -0.4 is 5.32 Å². The number of halogens is 1. The second-order valence-corrected chi connectivity index (χ2v) is 7.45. The Morgan fingerprint density at radius 1 is 1.37 bits per heavy atom. The molecule has 2 heterocycles. The van der Waals surface area contributed by atoms with E-state index in [1.807, 2.05) is 18.2 Å². The maximum Gasteiger partial charge on any atom is 0.305 e. The molecule has 9 heteroatoms. The molecule has 2 fully saturated rings. The predicted molar refractivity (Wildman–Crippen MR) is 96.2 cm³/mol. The van der Waals surface area contributed by atoms with Gasteiger partial charge in [-0.2, -0.15) is 0 Å². The van der Waals surface area contributed by atoms with Crippen molar-refractivity contribution in [3.8, 4) is 5.69 Å². The maximum absolute atomic E-state index is 12.8. The Bertz CT molecular complexity index is 887. The average Bonchev–Trinajstić information content (AvgIpc) is 3.21. The van der Waals surface area contributed by atoms with Crippen LogP contribution in [0.4, 0.5) is 0 Å². The SMILES string of the molecule is O=C(O)CC1(NC(=O)c2nc(C3CC3)n(-c3ccccc3Cl)n2)CCOC1. The number of rotatable bonds is 6. The molecule has 1 atom stereocenters. The van der Waals surface area contributed by atoms with Crippen LogP contribution in [0.15, 0.2) is 24.3 Å². The van der Waals surface area contributed by atoms with Gasteiger partial charge in [0, 0.05) is 12.5 Å². The minimum Gasteiger partial charge on any atom is -0.481 e. The summed E-state index contributed by atoms with van der Waals surface area (Å²) in [4.78, 5) is 28.4. The first-order valence-corrected chi connectivity index (χ1v) is 9.19. The summed E-state index contributed by atoms with van der Waals surface area (Å²) in [5, 5.41) is 16.9. The van der Waals surface area contributed by atoms with Gasteiger partial charge in [-0.1, -0.05) is 23.7 Å². The van der Waals surface area contributed by atoms with E-state index in [0.717, 1.165) is 12.8 Å². The summed E-state index contributed by atoms with van der Waals surface area (Å²) >= 11 is 6.29. The lowest BCUT2D eigenvalue weighted by atomic mass is 9.94. The third-order valence-corrected chi connectivity index (χ3v) is 5.15. The van der Waals surface area contributed by atoms with Gasteiger partial charge in [-0.3, -0.25) is 9.59 Å². The summed E-state index contributed by atoms with van der Waals surface area (Å²) in [5.74, 6) is -0.543. The first-order valence-electron chi connectivity index (χ1n) is 8.81. The van der Waals surface area contributed by atoms with Crippen LogP contribution in [-0.2, 0) is 9.53 Å². The summed E-state index contributed by atoms with van der Waals surface area (Å²) in [6, 6.07) is 7.24. The molecule has 1 aliphatic carbocycles. The molecular weight excluding hydrogens is 372 g/mol. The molecule has 1 unspecified atom stereocenters. The number of amides is 1. The highest BCUT2D eigenvalue weighted by Crippen LogP contribution is 2.40. The molecule has 1 amide bonds. The molecule has 0 radical (unpaired) electrons. The maximum atomic E-state index is 12.8. The normalized spacial score (nSPS) is 22.0. The number of nitrogens with one attached hydrogen (secondary N) is 1. The van der Waals surface area contributed by atoms with Crippen molar-refractivity contribution in [1.82, 2.24) is 20.1 Å². The first-order chi connectivity index (χ1) is 13.0. The van der Waals surface area contributed by atoms with Gasteiger partial charge in [0.1, 0.15) is 5.82 Å². The highest BCUT2D eigenvalue weighted by Gasteiger charge is 2.40. The van der Waals surface area contributed by atoms with Crippen LogP contribution >= 0.6 is 11.6 Å². The molecular formula is C18H19ClN4O4. The number of carboxylic acids is 1. The first kappa shape index (κ1) is 17.9. The fraction of sp³-hybridized carbons (Fsp3) is 0.444. The molecule has 2 N–H and O–H groups in total. The topological polar surface area (TPSA) is 106 Å². The van der Waals surface area contributed by atoms with Crippen molar-refractivity contribution < 1.29 is 19.4 Å². The third kappa shape index (κ3) is 3.68. The molecule has 2 aromatic rings. The lowest BCUT2D eigenvalue weighted by Gasteiger charge is -2.26. The number of hydrogen-bond donors (Lipinski definition) is 2. The molecule has 1 aromatic heterocycles. The van der Waals surface area contributed by atoms with Crippen LogP contribution in [0.2, 0.25) is 5.02 Å². The monoisotopic (exact) mass is 390 g/mol. The molecule has 2 aliphatic rings. The van der Waals surface area contributed by atoms with E-state index in [1.165, 1.54) is 0 Å². The van der Waals surface area contributed by atoms with Crippen LogP contribution in [0.3, 0.4) is 0 Å². The summed E-state index contributed by atoms with van der Waals surface area (Å²) in [5.41, 5.74) is -0.268. The van der Waals surface area contributed by atoms with Crippen molar-refractivity contribution in [3.05, 3.63) is 40.9 Å². The summed E-state index contributed by atoms with van der Waals surface area (Å²) < 4.78 is 6.93. The fourth-order valence-electron chi connectivity index (χ4n) is 3.30. The standard InChI is InChI=1S/C18H19ClN4O4/c19-12-3-1-2-4-13(12)23-16(11-5-6-11)20-15(22-23)17(26)21-18(9-14(24)25)7-8-27-10-18/h1-4,11H,5-10H2,(H,21,26)(H,24,25). The number of hydrogen-bond acceptors (Lipinski definition) is 5. The minimum atomic E-state index is -0.992. The number of aliphatic carboxylic acids is 1. The number of aromatic nitrogens is 3. The fourth-order valence-corrected chi connectivity index (χ4v) is 3.52. The Kier molecular flexibility index (Phi) is 4.61. The van der Waals surface area contributed by atoms with Gasteiger partial charge in [0.25, 0.3) is 5.91 Å². The molecule has 1 saturated heterocycles. The van der Waals surface area contributed by atoms with Crippen molar-refractivity contribution in [2.45, 2.75) is 37.1 Å². The van der Waals surface area contributed by atoms with Gasteiger partial charge in [0.15, 0.2) is 0 Å². The number of nitrogens with zero attached hydrogens (tertiary/aromatic N) is 3. The molecule has 4 rings (SSSR count). The highest BCUT2D eigenvalue weighted by molar-refractivity contribution is 6.32. The second kappa shape index (κ2) is 6.94. The molecule has 0 bridgehead atoms. The largest absolute Gasteiger partial charge is 0.481 e. The van der Waals surface area contributed by atoms with E-state index in [-0.39, 0.29) is 24.8 Å². The van der Waals surface area contributed by atoms with Crippen molar-refractivity contribution in [2.24, 2.45) is 0 Å². The third-order valence-electron chi connectivity index (χ3n) is 4.83. The van der Waals surface area contributed by atoms with Gasteiger partial charge in [-0.05, 0) is 31.4 Å². The smallest absolute Gasteiger partial charge is 0.305 e. The van der Waals surface area contributed by atoms with Gasteiger partial charge in [-0.25, -0.2) is 9.67 Å².